The minimum Gasteiger partial charge on any atom is -0.466 e. The molecule has 0 amide bonds. The van der Waals surface area contributed by atoms with Gasteiger partial charge in [0.25, 0.3) is 0 Å². The summed E-state index contributed by atoms with van der Waals surface area (Å²) in [6.45, 7) is 7.56. The first-order valence-corrected chi connectivity index (χ1v) is 16.3. The van der Waals surface area contributed by atoms with Gasteiger partial charge in [-0.25, -0.2) is 0 Å². The van der Waals surface area contributed by atoms with Crippen LogP contribution in [0, 0.1) is 5.92 Å². The summed E-state index contributed by atoms with van der Waals surface area (Å²) in [4.78, 5) is 11.9. The summed E-state index contributed by atoms with van der Waals surface area (Å²) < 4.78 is 5.42. The van der Waals surface area contributed by atoms with Crippen molar-refractivity contribution in [3.63, 3.8) is 0 Å². The van der Waals surface area contributed by atoms with Crippen LogP contribution in [0.3, 0.4) is 0 Å². The molecule has 0 rings (SSSR count). The van der Waals surface area contributed by atoms with Crippen LogP contribution in [0.5, 0.6) is 0 Å². The monoisotopic (exact) mass is 495 g/mol. The zero-order valence-corrected chi connectivity index (χ0v) is 24.7. The van der Waals surface area contributed by atoms with Gasteiger partial charge >= 0.3 is 5.97 Å². The molecule has 0 bridgehead atoms. The Kier molecular flexibility index (Phi) is 29.2. The third-order valence-electron chi connectivity index (χ3n) is 7.42. The van der Waals surface area contributed by atoms with E-state index in [-0.39, 0.29) is 5.97 Å². The summed E-state index contributed by atoms with van der Waals surface area (Å²) in [6, 6.07) is 0. The Hall–Kier alpha value is -0.530. The highest BCUT2D eigenvalue weighted by Gasteiger charge is 2.03. The van der Waals surface area contributed by atoms with Gasteiger partial charge in [-0.1, -0.05) is 175 Å². The molecule has 35 heavy (non-hydrogen) atoms. The molecule has 0 saturated carbocycles. The molecule has 210 valence electrons. The van der Waals surface area contributed by atoms with E-state index < -0.39 is 0 Å². The molecule has 0 aromatic heterocycles. The quantitative estimate of drug-likeness (QED) is 0.0763. The second-order valence-corrected chi connectivity index (χ2v) is 11.6. The molecule has 0 N–H and O–H groups in total. The normalized spacial score (nSPS) is 11.4. The minimum atomic E-state index is 0.0251. The van der Waals surface area contributed by atoms with Crippen molar-refractivity contribution in [2.24, 2.45) is 5.92 Å². The molecule has 0 atom stereocenters. The molecule has 0 unspecified atom stereocenters. The minimum absolute atomic E-state index is 0.0251. The number of carbonyl (C=O) groups excluding carboxylic acids is 1. The van der Waals surface area contributed by atoms with Gasteiger partial charge < -0.3 is 4.74 Å². The van der Waals surface area contributed by atoms with Gasteiger partial charge in [-0.05, 0) is 18.8 Å². The molecule has 0 aromatic carbocycles. The van der Waals surface area contributed by atoms with Crippen molar-refractivity contribution in [3.8, 4) is 0 Å². The van der Waals surface area contributed by atoms with Gasteiger partial charge in [-0.3, -0.25) is 4.79 Å². The van der Waals surface area contributed by atoms with E-state index in [0.29, 0.717) is 13.0 Å². The zero-order chi connectivity index (χ0) is 25.7. The molecule has 0 radical (unpaired) electrons. The first-order valence-electron chi connectivity index (χ1n) is 16.3. The van der Waals surface area contributed by atoms with Crippen LogP contribution in [-0.2, 0) is 9.53 Å². The van der Waals surface area contributed by atoms with Crippen molar-refractivity contribution in [1.82, 2.24) is 0 Å². The fourth-order valence-electron chi connectivity index (χ4n) is 4.97. The van der Waals surface area contributed by atoms with Crippen LogP contribution in [0.2, 0.25) is 0 Å². The summed E-state index contributed by atoms with van der Waals surface area (Å²) in [5, 5.41) is 0. The summed E-state index contributed by atoms with van der Waals surface area (Å²) in [5.74, 6) is 0.889. The van der Waals surface area contributed by atoms with Crippen molar-refractivity contribution in [3.05, 3.63) is 0 Å². The fraction of sp³-hybridized carbons (Fsp3) is 0.970. The van der Waals surface area contributed by atoms with Crippen molar-refractivity contribution in [1.29, 1.82) is 0 Å². The second kappa shape index (κ2) is 29.7. The van der Waals surface area contributed by atoms with Crippen molar-refractivity contribution < 1.29 is 9.53 Å². The Morgan fingerprint density at radius 3 is 1.23 bits per heavy atom. The van der Waals surface area contributed by atoms with Gasteiger partial charge in [0, 0.05) is 6.42 Å². The summed E-state index contributed by atoms with van der Waals surface area (Å²) in [5.41, 5.74) is 0. The predicted molar refractivity (Wildman–Crippen MR) is 156 cm³/mol. The molecule has 0 spiro atoms. The van der Waals surface area contributed by atoms with Crippen LogP contribution < -0.4 is 0 Å². The van der Waals surface area contributed by atoms with Gasteiger partial charge in [-0.2, -0.15) is 0 Å². The van der Waals surface area contributed by atoms with Crippen LogP contribution in [0.25, 0.3) is 0 Å². The first-order chi connectivity index (χ1) is 17.2. The van der Waals surface area contributed by atoms with E-state index >= 15 is 0 Å². The number of carbonyl (C=O) groups is 1. The molecule has 0 fully saturated rings. The molecule has 0 heterocycles. The van der Waals surface area contributed by atoms with Crippen molar-refractivity contribution in [2.75, 3.05) is 6.61 Å². The zero-order valence-electron chi connectivity index (χ0n) is 24.7. The van der Waals surface area contributed by atoms with E-state index in [4.69, 9.17) is 4.74 Å². The SMILES string of the molecule is CCCCCCCCCCCCCCCCCC(=O)OCCCCCCCCCCCCC(C)C. The molecule has 0 aromatic rings. The molecule has 0 aliphatic carbocycles. The number of hydrogen-bond donors (Lipinski definition) is 0. The number of hydrogen-bond acceptors (Lipinski definition) is 2. The predicted octanol–water partition coefficient (Wildman–Crippen LogP) is 11.7. The van der Waals surface area contributed by atoms with Crippen LogP contribution in [0.1, 0.15) is 194 Å². The molecule has 0 saturated heterocycles. The van der Waals surface area contributed by atoms with E-state index in [0.717, 1.165) is 18.8 Å². The van der Waals surface area contributed by atoms with Gasteiger partial charge in [0.2, 0.25) is 0 Å². The van der Waals surface area contributed by atoms with Crippen LogP contribution in [0.15, 0.2) is 0 Å². The van der Waals surface area contributed by atoms with Crippen LogP contribution in [-0.4, -0.2) is 12.6 Å². The third-order valence-corrected chi connectivity index (χ3v) is 7.42. The maximum atomic E-state index is 11.9. The average Bonchev–Trinajstić information content (AvgIpc) is 2.84. The van der Waals surface area contributed by atoms with E-state index in [2.05, 4.69) is 20.8 Å². The van der Waals surface area contributed by atoms with Crippen LogP contribution in [0.4, 0.5) is 0 Å². The van der Waals surface area contributed by atoms with Gasteiger partial charge in [0.15, 0.2) is 0 Å². The topological polar surface area (TPSA) is 26.3 Å². The highest BCUT2D eigenvalue weighted by Crippen LogP contribution is 2.15. The molecule has 0 aliphatic rings. The summed E-state index contributed by atoms with van der Waals surface area (Å²) in [6.07, 6.45) is 35.8. The van der Waals surface area contributed by atoms with Crippen molar-refractivity contribution >= 4 is 5.97 Å². The highest BCUT2D eigenvalue weighted by atomic mass is 16.5. The highest BCUT2D eigenvalue weighted by molar-refractivity contribution is 5.69. The molecular formula is C33H66O2. The number of rotatable bonds is 29. The standard InChI is InChI=1S/C33H66O2/c1-4-5-6-7-8-9-10-11-12-13-14-18-21-24-27-30-33(34)35-31-28-25-22-19-16-15-17-20-23-26-29-32(2)3/h32H,4-31H2,1-3H3. The van der Waals surface area contributed by atoms with Gasteiger partial charge in [0.1, 0.15) is 0 Å². The van der Waals surface area contributed by atoms with Crippen molar-refractivity contribution in [2.45, 2.75) is 194 Å². The first kappa shape index (κ1) is 34.5. The summed E-state index contributed by atoms with van der Waals surface area (Å²) in [7, 11) is 0. The molecule has 2 heteroatoms. The fourth-order valence-corrected chi connectivity index (χ4v) is 4.97. The van der Waals surface area contributed by atoms with Crippen LogP contribution >= 0.6 is 0 Å². The molecule has 2 nitrogen and oxygen atoms in total. The number of ether oxygens (including phenoxy) is 1. The van der Waals surface area contributed by atoms with E-state index in [1.807, 2.05) is 0 Å². The second-order valence-electron chi connectivity index (χ2n) is 11.6. The van der Waals surface area contributed by atoms with Gasteiger partial charge in [0.05, 0.1) is 6.61 Å². The lowest BCUT2D eigenvalue weighted by molar-refractivity contribution is -0.143. The van der Waals surface area contributed by atoms with E-state index in [9.17, 15) is 4.79 Å². The Labute approximate surface area is 222 Å². The third kappa shape index (κ3) is 31.4. The Balaban J connectivity index is 3.15. The Bertz CT molecular complexity index is 404. The maximum absolute atomic E-state index is 11.9. The Morgan fingerprint density at radius 1 is 0.486 bits per heavy atom. The van der Waals surface area contributed by atoms with E-state index in [1.54, 1.807) is 0 Å². The molecule has 0 aliphatic heterocycles. The molecular weight excluding hydrogens is 428 g/mol. The lowest BCUT2D eigenvalue weighted by Gasteiger charge is -2.06. The largest absolute Gasteiger partial charge is 0.466 e. The van der Waals surface area contributed by atoms with Gasteiger partial charge in [-0.15, -0.1) is 0 Å². The Morgan fingerprint density at radius 2 is 0.829 bits per heavy atom. The van der Waals surface area contributed by atoms with E-state index in [1.165, 1.54) is 154 Å². The summed E-state index contributed by atoms with van der Waals surface area (Å²) >= 11 is 0. The average molecular weight is 495 g/mol. The number of unbranched alkanes of at least 4 members (excludes halogenated alkanes) is 23. The number of esters is 1. The lowest BCUT2D eigenvalue weighted by atomic mass is 10.0. The lowest BCUT2D eigenvalue weighted by Crippen LogP contribution is -2.05. The maximum Gasteiger partial charge on any atom is 0.305 e. The smallest absolute Gasteiger partial charge is 0.305 e.